The molecule has 2 heterocycles. The van der Waals surface area contributed by atoms with Crippen molar-refractivity contribution in [2.75, 3.05) is 4.90 Å². The summed E-state index contributed by atoms with van der Waals surface area (Å²) in [6.07, 6.45) is 0. The zero-order chi connectivity index (χ0) is 28.1. The molecule has 11 heteroatoms. The highest BCUT2D eigenvalue weighted by Gasteiger charge is 2.34. The summed E-state index contributed by atoms with van der Waals surface area (Å²) in [7, 11) is 0. The lowest BCUT2D eigenvalue weighted by Crippen LogP contribution is -2.45. The number of nitrogens with zero attached hydrogens (tertiary/aromatic N) is 5. The average molecular weight is 557 g/mol. The fraction of sp³-hybridized carbons (Fsp3) is 0.138. The van der Waals surface area contributed by atoms with Crippen molar-refractivity contribution in [3.63, 3.8) is 0 Å². The van der Waals surface area contributed by atoms with Crippen molar-refractivity contribution >= 4 is 28.8 Å². The van der Waals surface area contributed by atoms with E-state index in [0.29, 0.717) is 22.6 Å². The van der Waals surface area contributed by atoms with Gasteiger partial charge in [0.1, 0.15) is 24.2 Å². The van der Waals surface area contributed by atoms with Gasteiger partial charge in [-0.15, -0.1) is 21.5 Å². The van der Waals surface area contributed by atoms with E-state index in [0.717, 1.165) is 10.4 Å². The molecule has 1 atom stereocenters. The molecule has 5 rings (SSSR count). The molecule has 3 aromatic carbocycles. The summed E-state index contributed by atoms with van der Waals surface area (Å²) in [4.78, 5) is 31.2. The molecule has 0 radical (unpaired) electrons. The molecule has 0 spiro atoms. The van der Waals surface area contributed by atoms with Gasteiger partial charge in [-0.3, -0.25) is 14.5 Å². The van der Waals surface area contributed by atoms with Crippen molar-refractivity contribution in [3.8, 4) is 16.5 Å². The Morgan fingerprint density at radius 2 is 1.77 bits per heavy atom. The Morgan fingerprint density at radius 3 is 2.48 bits per heavy atom. The number of carbonyl (C=O) groups is 2. The van der Waals surface area contributed by atoms with Crippen LogP contribution in [0.4, 0.5) is 10.1 Å². The minimum atomic E-state index is -1.10. The third kappa shape index (κ3) is 6.05. The predicted molar refractivity (Wildman–Crippen MR) is 149 cm³/mol. The maximum Gasteiger partial charge on any atom is 0.251 e. The predicted octanol–water partition coefficient (Wildman–Crippen LogP) is 4.65. The molecule has 40 heavy (non-hydrogen) atoms. The van der Waals surface area contributed by atoms with Gasteiger partial charge in [0.05, 0.1) is 4.88 Å². The van der Waals surface area contributed by atoms with Crippen LogP contribution in [0, 0.1) is 12.7 Å². The smallest absolute Gasteiger partial charge is 0.251 e. The molecule has 0 bridgehead atoms. The van der Waals surface area contributed by atoms with Crippen molar-refractivity contribution in [1.82, 2.24) is 25.5 Å². The molecule has 2 amide bonds. The van der Waals surface area contributed by atoms with Crippen molar-refractivity contribution in [1.29, 1.82) is 0 Å². The number of halogens is 1. The largest absolute Gasteiger partial charge is 0.508 e. The van der Waals surface area contributed by atoms with Crippen molar-refractivity contribution in [3.05, 3.63) is 113 Å². The van der Waals surface area contributed by atoms with E-state index in [1.807, 2.05) is 36.6 Å². The molecule has 1 unspecified atom stereocenters. The van der Waals surface area contributed by atoms with E-state index in [2.05, 4.69) is 20.7 Å². The van der Waals surface area contributed by atoms with Crippen LogP contribution < -0.4 is 10.2 Å². The lowest BCUT2D eigenvalue weighted by Gasteiger charge is -2.32. The number of rotatable bonds is 9. The van der Waals surface area contributed by atoms with Gasteiger partial charge in [-0.25, -0.2) is 4.39 Å². The first-order chi connectivity index (χ1) is 19.4. The number of aromatic hydroxyl groups is 1. The van der Waals surface area contributed by atoms with E-state index in [-0.39, 0.29) is 24.7 Å². The highest BCUT2D eigenvalue weighted by atomic mass is 32.1. The van der Waals surface area contributed by atoms with Gasteiger partial charge in [0.15, 0.2) is 0 Å². The van der Waals surface area contributed by atoms with E-state index >= 15 is 0 Å². The molecular weight excluding hydrogens is 531 g/mol. The highest BCUT2D eigenvalue weighted by Crippen LogP contribution is 2.32. The van der Waals surface area contributed by atoms with Crippen molar-refractivity contribution < 1.29 is 19.1 Å². The number of carbonyl (C=O) groups excluding carboxylic acids is 2. The molecule has 5 aromatic rings. The summed E-state index contributed by atoms with van der Waals surface area (Å²) in [5.41, 5.74) is 2.48. The van der Waals surface area contributed by atoms with Gasteiger partial charge in [-0.1, -0.05) is 48.5 Å². The molecule has 2 aromatic heterocycles. The van der Waals surface area contributed by atoms with Crippen LogP contribution in [0.5, 0.6) is 5.75 Å². The van der Waals surface area contributed by atoms with Gasteiger partial charge in [0.2, 0.25) is 11.7 Å². The first-order valence-electron chi connectivity index (χ1n) is 12.4. The van der Waals surface area contributed by atoms with Gasteiger partial charge in [0, 0.05) is 12.2 Å². The van der Waals surface area contributed by atoms with Gasteiger partial charge in [0.25, 0.3) is 5.91 Å². The third-order valence-electron chi connectivity index (χ3n) is 6.21. The second-order valence-electron chi connectivity index (χ2n) is 9.01. The average Bonchev–Trinajstić information content (AvgIpc) is 3.65. The lowest BCUT2D eigenvalue weighted by molar-refractivity contribution is -0.127. The molecule has 2 N–H and O–H groups in total. The second kappa shape index (κ2) is 11.9. The Bertz CT molecular complexity index is 1600. The zero-order valence-corrected chi connectivity index (χ0v) is 22.3. The van der Waals surface area contributed by atoms with Gasteiger partial charge in [-0.05, 0) is 70.6 Å². The van der Waals surface area contributed by atoms with Crippen LogP contribution in [0.1, 0.15) is 22.7 Å². The number of phenols is 1. The Morgan fingerprint density at radius 1 is 1.02 bits per heavy atom. The Hall–Kier alpha value is -4.90. The molecule has 0 saturated heterocycles. The minimum absolute atomic E-state index is 0.0240. The minimum Gasteiger partial charge on any atom is -0.508 e. The Labute approximate surface area is 233 Å². The molecule has 0 aliphatic carbocycles. The normalized spacial score (nSPS) is 11.7. The lowest BCUT2D eigenvalue weighted by atomic mass is 10.0. The third-order valence-corrected chi connectivity index (χ3v) is 7.08. The van der Waals surface area contributed by atoms with Crippen LogP contribution >= 0.6 is 11.3 Å². The van der Waals surface area contributed by atoms with Gasteiger partial charge < -0.3 is 10.4 Å². The Balaban J connectivity index is 1.50. The number of tetrazole rings is 1. The molecule has 0 saturated carbocycles. The van der Waals surface area contributed by atoms with E-state index in [1.54, 1.807) is 36.4 Å². The Kier molecular flexibility index (Phi) is 7.92. The highest BCUT2D eigenvalue weighted by molar-refractivity contribution is 7.13. The summed E-state index contributed by atoms with van der Waals surface area (Å²) in [5.74, 6) is -0.859. The number of nitrogens with one attached hydrogen (secondary N) is 1. The topological polar surface area (TPSA) is 113 Å². The van der Waals surface area contributed by atoms with Crippen LogP contribution in [-0.2, 0) is 22.7 Å². The van der Waals surface area contributed by atoms with Crippen LogP contribution in [-0.4, -0.2) is 37.1 Å². The van der Waals surface area contributed by atoms with Crippen LogP contribution in [0.15, 0.2) is 90.3 Å². The number of hydrogen-bond donors (Lipinski definition) is 2. The molecule has 9 nitrogen and oxygen atoms in total. The number of benzene rings is 3. The number of para-hydroxylation sites is 1. The number of anilines is 1. The number of aryl methyl sites for hydroxylation is 1. The molecule has 0 aliphatic heterocycles. The van der Waals surface area contributed by atoms with Crippen LogP contribution in [0.2, 0.25) is 0 Å². The number of phenolic OH excluding ortho intramolecular Hbond substituents is 1. The standard InChI is InChI=1S/C29H25FN6O3S/c1-19-5-2-3-6-24(19)36(26(38)18-35-33-28(32-34-35)25-7-4-16-40-25)27(21-10-14-23(37)15-11-21)29(39)31-17-20-8-12-22(30)13-9-20/h2-16,27,37H,17-18H2,1H3,(H,31,39). The molecule has 0 fully saturated rings. The SMILES string of the molecule is Cc1ccccc1N(C(=O)Cn1nnc(-c2cccs2)n1)C(C(=O)NCc1ccc(F)cc1)c1ccc(O)cc1. The first-order valence-corrected chi connectivity index (χ1v) is 13.3. The van der Waals surface area contributed by atoms with E-state index < -0.39 is 17.9 Å². The molecular formula is C29H25FN6O3S. The maximum absolute atomic E-state index is 14.0. The van der Waals surface area contributed by atoms with E-state index in [9.17, 15) is 19.1 Å². The number of amides is 2. The quantitative estimate of drug-likeness (QED) is 0.273. The number of thiophene rings is 1. The van der Waals surface area contributed by atoms with Crippen molar-refractivity contribution in [2.24, 2.45) is 0 Å². The second-order valence-corrected chi connectivity index (χ2v) is 9.96. The van der Waals surface area contributed by atoms with Gasteiger partial charge >= 0.3 is 0 Å². The number of aromatic nitrogens is 4. The van der Waals surface area contributed by atoms with Crippen molar-refractivity contribution in [2.45, 2.75) is 26.1 Å². The zero-order valence-electron chi connectivity index (χ0n) is 21.4. The summed E-state index contributed by atoms with van der Waals surface area (Å²) in [6.45, 7) is 1.70. The summed E-state index contributed by atoms with van der Waals surface area (Å²) in [5, 5.41) is 27.1. The number of hydrogen-bond acceptors (Lipinski definition) is 7. The van der Waals surface area contributed by atoms with Crippen LogP contribution in [0.3, 0.4) is 0 Å². The molecule has 0 aliphatic rings. The van der Waals surface area contributed by atoms with Crippen LogP contribution in [0.25, 0.3) is 10.7 Å². The van der Waals surface area contributed by atoms with Gasteiger partial charge in [-0.2, -0.15) is 4.80 Å². The maximum atomic E-state index is 14.0. The van der Waals surface area contributed by atoms with E-state index in [1.165, 1.54) is 45.3 Å². The monoisotopic (exact) mass is 556 g/mol. The summed E-state index contributed by atoms with van der Waals surface area (Å²) < 4.78 is 13.4. The first kappa shape index (κ1) is 26.7. The fourth-order valence-electron chi connectivity index (χ4n) is 4.23. The fourth-order valence-corrected chi connectivity index (χ4v) is 4.87. The summed E-state index contributed by atoms with van der Waals surface area (Å²) >= 11 is 1.46. The molecule has 202 valence electrons. The van der Waals surface area contributed by atoms with E-state index in [4.69, 9.17) is 0 Å². The summed E-state index contributed by atoms with van der Waals surface area (Å²) in [6, 6.07) is 21.8.